The van der Waals surface area contributed by atoms with E-state index in [0.29, 0.717) is 12.1 Å². The van der Waals surface area contributed by atoms with Crippen molar-refractivity contribution in [3.63, 3.8) is 0 Å². The average Bonchev–Trinajstić information content (AvgIpc) is 3.43. The van der Waals surface area contributed by atoms with E-state index in [0.717, 1.165) is 71.4 Å². The fourth-order valence-electron chi connectivity index (χ4n) is 8.20. The van der Waals surface area contributed by atoms with Gasteiger partial charge in [0, 0.05) is 30.4 Å². The number of hydrogen-bond acceptors (Lipinski definition) is 3. The molecule has 0 fully saturated rings. The largest absolute Gasteiger partial charge is 0.498 e. The number of methoxy groups -OCH3 is 1. The molecule has 6 rings (SSSR count). The second-order valence-corrected chi connectivity index (χ2v) is 14.7. The first-order chi connectivity index (χ1) is 22.9. The molecule has 0 aliphatic carbocycles. The highest BCUT2D eigenvalue weighted by molar-refractivity contribution is 5.98. The number of para-hydroxylation sites is 2. The Labute approximate surface area is 285 Å². The first kappa shape index (κ1) is 33.9. The summed E-state index contributed by atoms with van der Waals surface area (Å²) in [7, 11) is 1.72. The normalized spacial score (nSPS) is 20.2. The van der Waals surface area contributed by atoms with Crippen LogP contribution in [0, 0.1) is 5.82 Å². The van der Waals surface area contributed by atoms with E-state index in [1.165, 1.54) is 11.1 Å². The molecule has 1 aliphatic rings. The summed E-state index contributed by atoms with van der Waals surface area (Å²) in [5.41, 5.74) is 6.46. The molecule has 2 aromatic heterocycles. The van der Waals surface area contributed by atoms with Gasteiger partial charge in [-0.3, -0.25) is 0 Å². The van der Waals surface area contributed by atoms with Crippen LogP contribution in [0.25, 0.3) is 33.7 Å². The van der Waals surface area contributed by atoms with Gasteiger partial charge in [0.1, 0.15) is 11.4 Å². The number of ether oxygens (including phenoxy) is 2. The van der Waals surface area contributed by atoms with Crippen molar-refractivity contribution < 1.29 is 18.4 Å². The van der Waals surface area contributed by atoms with Gasteiger partial charge in [0.15, 0.2) is 11.0 Å². The molecule has 3 atom stereocenters. The van der Waals surface area contributed by atoms with Gasteiger partial charge in [-0.05, 0) is 80.5 Å². The van der Waals surface area contributed by atoms with E-state index in [4.69, 9.17) is 14.5 Å². The Morgan fingerprint density at radius 2 is 1.81 bits per heavy atom. The number of fused-ring (bicyclic) bond motifs is 3. The summed E-state index contributed by atoms with van der Waals surface area (Å²) in [6.07, 6.45) is 7.90. The number of halogens is 1. The Hall–Kier alpha value is -4.03. The highest BCUT2D eigenvalue weighted by atomic mass is 19.1. The molecule has 0 saturated heterocycles. The molecular formula is C42H51FN3O2+. The van der Waals surface area contributed by atoms with Crippen molar-refractivity contribution in [1.29, 1.82) is 0 Å². The predicted octanol–water partition coefficient (Wildman–Crippen LogP) is 9.75. The number of rotatable bonds is 12. The Morgan fingerprint density at radius 3 is 2.46 bits per heavy atom. The highest BCUT2D eigenvalue weighted by Gasteiger charge is 2.58. The lowest BCUT2D eigenvalue weighted by Gasteiger charge is -2.49. The van der Waals surface area contributed by atoms with Gasteiger partial charge in [-0.1, -0.05) is 83.7 Å². The third-order valence-electron chi connectivity index (χ3n) is 11.0. The predicted molar refractivity (Wildman–Crippen MR) is 195 cm³/mol. The van der Waals surface area contributed by atoms with Crippen LogP contribution in [0.1, 0.15) is 96.7 Å². The topological polar surface area (TPSA) is 39.6 Å². The van der Waals surface area contributed by atoms with Gasteiger partial charge in [-0.25, -0.2) is 13.9 Å². The second-order valence-electron chi connectivity index (χ2n) is 14.7. The fourth-order valence-corrected chi connectivity index (χ4v) is 8.20. The SMILES string of the molecule is C=Cc1ccc(CCC(=CC(C)OC)OCCC2(CC)c3cc(F)cc4nc(C(C)(C)C)n5c6ccccc6[n+](c5c34)C2(C)CC)cc1. The van der Waals surface area contributed by atoms with E-state index in [1.807, 2.05) is 13.0 Å². The Kier molecular flexibility index (Phi) is 9.01. The van der Waals surface area contributed by atoms with E-state index in [-0.39, 0.29) is 22.9 Å². The maximum atomic E-state index is 15.8. The molecule has 3 unspecified atom stereocenters. The molecule has 48 heavy (non-hydrogen) atoms. The molecular weight excluding hydrogens is 597 g/mol. The zero-order valence-electron chi connectivity index (χ0n) is 30.0. The Balaban J connectivity index is 1.47. The van der Waals surface area contributed by atoms with Gasteiger partial charge in [-0.15, -0.1) is 0 Å². The third kappa shape index (κ3) is 5.42. The molecule has 5 aromatic rings. The zero-order valence-corrected chi connectivity index (χ0v) is 30.0. The highest BCUT2D eigenvalue weighted by Crippen LogP contribution is 2.52. The number of hydrogen-bond donors (Lipinski definition) is 0. The molecule has 0 amide bonds. The second kappa shape index (κ2) is 12.8. The van der Waals surface area contributed by atoms with Crippen LogP contribution in [0.5, 0.6) is 0 Å². The quantitative estimate of drug-likeness (QED) is 0.0999. The molecule has 0 radical (unpaired) electrons. The molecule has 0 N–H and O–H groups in total. The van der Waals surface area contributed by atoms with Crippen molar-refractivity contribution in [2.75, 3.05) is 13.7 Å². The van der Waals surface area contributed by atoms with Gasteiger partial charge in [0.2, 0.25) is 5.82 Å². The zero-order chi connectivity index (χ0) is 34.4. The lowest BCUT2D eigenvalue weighted by Crippen LogP contribution is -2.67. The lowest BCUT2D eigenvalue weighted by atomic mass is 9.59. The molecule has 252 valence electrons. The summed E-state index contributed by atoms with van der Waals surface area (Å²) >= 11 is 0. The van der Waals surface area contributed by atoms with Crippen molar-refractivity contribution in [1.82, 2.24) is 9.38 Å². The van der Waals surface area contributed by atoms with E-state index in [2.05, 4.69) is 112 Å². The summed E-state index contributed by atoms with van der Waals surface area (Å²) < 4.78 is 33.0. The van der Waals surface area contributed by atoms with Crippen LogP contribution < -0.4 is 4.57 Å². The minimum Gasteiger partial charge on any atom is -0.498 e. The van der Waals surface area contributed by atoms with Crippen LogP contribution in [0.2, 0.25) is 0 Å². The summed E-state index contributed by atoms with van der Waals surface area (Å²) in [6, 6.07) is 20.6. The van der Waals surface area contributed by atoms with E-state index >= 15 is 4.39 Å². The molecule has 0 saturated carbocycles. The summed E-state index contributed by atoms with van der Waals surface area (Å²) in [4.78, 5) is 5.23. The van der Waals surface area contributed by atoms with Crippen LogP contribution in [-0.4, -0.2) is 29.2 Å². The number of aryl methyl sites for hydroxylation is 1. The number of nitrogens with zero attached hydrogens (tertiary/aromatic N) is 3. The smallest absolute Gasteiger partial charge is 0.299 e. The van der Waals surface area contributed by atoms with Crippen LogP contribution >= 0.6 is 0 Å². The Bertz CT molecular complexity index is 2020. The molecule has 5 nitrogen and oxygen atoms in total. The van der Waals surface area contributed by atoms with Gasteiger partial charge in [0.25, 0.3) is 5.65 Å². The van der Waals surface area contributed by atoms with Crippen molar-refractivity contribution in [3.05, 3.63) is 107 Å². The average molecular weight is 649 g/mol. The van der Waals surface area contributed by atoms with Gasteiger partial charge >= 0.3 is 0 Å². The molecule has 6 heteroatoms. The first-order valence-corrected chi connectivity index (χ1v) is 17.5. The van der Waals surface area contributed by atoms with Crippen molar-refractivity contribution in [3.8, 4) is 0 Å². The van der Waals surface area contributed by atoms with E-state index in [9.17, 15) is 0 Å². The Morgan fingerprint density at radius 1 is 1.08 bits per heavy atom. The molecule has 1 aliphatic heterocycles. The number of imidazole rings is 1. The minimum absolute atomic E-state index is 0.0757. The number of benzene rings is 3. The summed E-state index contributed by atoms with van der Waals surface area (Å²) in [6.45, 7) is 19.8. The standard InChI is InChI=1S/C42H51FN3O2/c1-10-29-17-19-30(20-18-29)21-22-32(25-28(4)47-9)48-24-23-42(12-3)33-26-31(43)27-34-37(33)38-45(39(44-34)40(5,6)7)35-15-13-14-16-36(35)46(38)41(42,8)11-2/h10,13-20,25-28H,1,11-12,21-24H2,2-9H3/q+1. The fraction of sp³-hybridized carbons (Fsp3) is 0.429. The molecule has 0 bridgehead atoms. The minimum atomic E-state index is -0.423. The van der Waals surface area contributed by atoms with Crippen LogP contribution in [-0.2, 0) is 32.3 Å². The van der Waals surface area contributed by atoms with Crippen LogP contribution in [0.4, 0.5) is 4.39 Å². The summed E-state index contributed by atoms with van der Waals surface area (Å²) in [5, 5.41) is 1.04. The molecule has 3 heterocycles. The lowest BCUT2D eigenvalue weighted by molar-refractivity contribution is -0.729. The molecule has 3 aromatic carbocycles. The number of aromatic nitrogens is 3. The van der Waals surface area contributed by atoms with Crippen molar-refractivity contribution in [2.24, 2.45) is 0 Å². The van der Waals surface area contributed by atoms with Gasteiger partial charge in [-0.2, -0.15) is 4.40 Å². The molecule has 0 spiro atoms. The number of allylic oxidation sites excluding steroid dienone is 1. The maximum Gasteiger partial charge on any atom is 0.299 e. The van der Waals surface area contributed by atoms with Crippen molar-refractivity contribution in [2.45, 2.75) is 103 Å². The van der Waals surface area contributed by atoms with E-state index < -0.39 is 5.41 Å². The van der Waals surface area contributed by atoms with Crippen LogP contribution in [0.3, 0.4) is 0 Å². The monoisotopic (exact) mass is 648 g/mol. The summed E-state index contributed by atoms with van der Waals surface area (Å²) in [5.74, 6) is 1.61. The van der Waals surface area contributed by atoms with Crippen LogP contribution in [0.15, 0.2) is 79.1 Å². The van der Waals surface area contributed by atoms with Crippen molar-refractivity contribution >= 4 is 33.7 Å². The van der Waals surface area contributed by atoms with Gasteiger partial charge < -0.3 is 9.47 Å². The first-order valence-electron chi connectivity index (χ1n) is 17.5. The van der Waals surface area contributed by atoms with E-state index in [1.54, 1.807) is 19.2 Å². The third-order valence-corrected chi connectivity index (χ3v) is 11.0. The van der Waals surface area contributed by atoms with Gasteiger partial charge in [0.05, 0.1) is 29.4 Å². The maximum absolute atomic E-state index is 15.8.